The first kappa shape index (κ1) is 24.5. The number of aromatic hydroxyl groups is 1. The zero-order valence-electron chi connectivity index (χ0n) is 21.0. The van der Waals surface area contributed by atoms with Gasteiger partial charge in [0.1, 0.15) is 11.6 Å². The van der Waals surface area contributed by atoms with Crippen LogP contribution < -0.4 is 4.90 Å². The van der Waals surface area contributed by atoms with E-state index in [-0.39, 0.29) is 34.8 Å². The van der Waals surface area contributed by atoms with Crippen LogP contribution in [0.15, 0.2) is 30.3 Å². The Balaban J connectivity index is 1.91. The number of phenols is 1. The number of carbonyl (C=O) groups is 2. The quantitative estimate of drug-likeness (QED) is 0.644. The second kappa shape index (κ2) is 8.32. The third-order valence-corrected chi connectivity index (χ3v) is 6.26. The zero-order valence-corrected chi connectivity index (χ0v) is 21.0. The van der Waals surface area contributed by atoms with E-state index in [1.165, 1.54) is 6.92 Å². The van der Waals surface area contributed by atoms with Crippen LogP contribution in [0.4, 0.5) is 5.69 Å². The maximum Gasteiger partial charge on any atom is 0.223 e. The average Bonchev–Trinajstić information content (AvgIpc) is 3.00. The van der Waals surface area contributed by atoms with E-state index < -0.39 is 0 Å². The lowest BCUT2D eigenvalue weighted by Gasteiger charge is -2.28. The molecule has 0 fully saturated rings. The van der Waals surface area contributed by atoms with Gasteiger partial charge in [0.05, 0.1) is 6.54 Å². The molecule has 176 valence electrons. The Morgan fingerprint density at radius 2 is 1.58 bits per heavy atom. The van der Waals surface area contributed by atoms with Crippen molar-refractivity contribution < 1.29 is 14.7 Å². The van der Waals surface area contributed by atoms with Crippen LogP contribution in [0.5, 0.6) is 5.75 Å². The molecule has 2 aromatic carbocycles. The molecule has 0 saturated heterocycles. The monoisotopic (exact) mass is 449 g/mol. The van der Waals surface area contributed by atoms with Gasteiger partial charge < -0.3 is 14.9 Å². The standard InChI is InChI=1S/C27H35N3O3/c1-16(31)29(8)19-9-10-20-18(11-19)14-30(25(20)28)15-23(32)17-12-21(26(2,3)4)24(33)22(13-17)27(5,6)7/h9-13,28,33H,14-15H2,1-8H3. The lowest BCUT2D eigenvalue weighted by Crippen LogP contribution is -2.30. The smallest absolute Gasteiger partial charge is 0.223 e. The summed E-state index contributed by atoms with van der Waals surface area (Å²) in [5.74, 6) is 0.396. The highest BCUT2D eigenvalue weighted by Crippen LogP contribution is 2.40. The molecule has 0 aromatic heterocycles. The Bertz CT molecular complexity index is 1100. The third kappa shape index (κ3) is 4.80. The van der Waals surface area contributed by atoms with Crippen molar-refractivity contribution in [2.45, 2.75) is 65.8 Å². The molecule has 0 bridgehead atoms. The molecule has 0 radical (unpaired) electrons. The van der Waals surface area contributed by atoms with Crippen molar-refractivity contribution in [1.29, 1.82) is 5.41 Å². The molecule has 0 aliphatic carbocycles. The van der Waals surface area contributed by atoms with Crippen LogP contribution in [0.25, 0.3) is 0 Å². The fourth-order valence-electron chi connectivity index (χ4n) is 4.13. The number of ketones is 1. The number of benzene rings is 2. The van der Waals surface area contributed by atoms with Gasteiger partial charge in [-0.15, -0.1) is 0 Å². The van der Waals surface area contributed by atoms with E-state index in [1.54, 1.807) is 29.0 Å². The number of nitrogens with zero attached hydrogens (tertiary/aromatic N) is 2. The molecule has 2 N–H and O–H groups in total. The van der Waals surface area contributed by atoms with E-state index in [1.807, 2.05) is 59.7 Å². The number of amidine groups is 1. The van der Waals surface area contributed by atoms with Crippen molar-refractivity contribution in [2.24, 2.45) is 0 Å². The predicted molar refractivity (Wildman–Crippen MR) is 133 cm³/mol. The van der Waals surface area contributed by atoms with Gasteiger partial charge in [0.25, 0.3) is 0 Å². The van der Waals surface area contributed by atoms with Gasteiger partial charge in [-0.05, 0) is 46.7 Å². The van der Waals surface area contributed by atoms with Crippen LogP contribution in [-0.2, 0) is 22.2 Å². The topological polar surface area (TPSA) is 84.7 Å². The molecule has 1 aliphatic rings. The molecular weight excluding hydrogens is 414 g/mol. The Morgan fingerprint density at radius 3 is 2.06 bits per heavy atom. The highest BCUT2D eigenvalue weighted by Gasteiger charge is 2.30. The Kier molecular flexibility index (Phi) is 6.18. The Labute approximate surface area is 196 Å². The number of anilines is 1. The number of rotatable bonds is 4. The second-order valence-corrected chi connectivity index (χ2v) is 11.0. The van der Waals surface area contributed by atoms with Crippen molar-refractivity contribution in [3.05, 3.63) is 58.1 Å². The average molecular weight is 450 g/mol. The fraction of sp³-hybridized carbons (Fsp3) is 0.444. The number of phenolic OH excluding ortho intramolecular Hbond substituents is 1. The molecule has 0 saturated carbocycles. The maximum absolute atomic E-state index is 13.4. The Morgan fingerprint density at radius 1 is 1.03 bits per heavy atom. The van der Waals surface area contributed by atoms with Crippen LogP contribution in [0.1, 0.15) is 81.1 Å². The molecule has 0 unspecified atom stereocenters. The first-order chi connectivity index (χ1) is 15.1. The summed E-state index contributed by atoms with van der Waals surface area (Å²) in [7, 11) is 1.72. The van der Waals surface area contributed by atoms with Gasteiger partial charge in [-0.3, -0.25) is 15.0 Å². The largest absolute Gasteiger partial charge is 0.507 e. The van der Waals surface area contributed by atoms with Crippen LogP contribution in [-0.4, -0.2) is 41.1 Å². The second-order valence-electron chi connectivity index (χ2n) is 11.0. The van der Waals surface area contributed by atoms with E-state index in [9.17, 15) is 14.7 Å². The first-order valence-corrected chi connectivity index (χ1v) is 11.2. The molecule has 1 aliphatic heterocycles. The number of carbonyl (C=O) groups excluding carboxylic acids is 2. The predicted octanol–water partition coefficient (Wildman–Crippen LogP) is 4.99. The van der Waals surface area contributed by atoms with E-state index in [0.29, 0.717) is 17.9 Å². The number of hydrogen-bond donors (Lipinski definition) is 2. The highest BCUT2D eigenvalue weighted by atomic mass is 16.3. The van der Waals surface area contributed by atoms with Gasteiger partial charge >= 0.3 is 0 Å². The molecule has 1 heterocycles. The van der Waals surface area contributed by atoms with Crippen LogP contribution in [0, 0.1) is 5.41 Å². The van der Waals surface area contributed by atoms with Gasteiger partial charge in [-0.25, -0.2) is 0 Å². The van der Waals surface area contributed by atoms with Gasteiger partial charge in [-0.2, -0.15) is 0 Å². The summed E-state index contributed by atoms with van der Waals surface area (Å²) in [6.45, 7) is 14.1. The summed E-state index contributed by atoms with van der Waals surface area (Å²) >= 11 is 0. The summed E-state index contributed by atoms with van der Waals surface area (Å²) in [5, 5.41) is 19.5. The van der Waals surface area contributed by atoms with Crippen LogP contribution in [0.3, 0.4) is 0 Å². The van der Waals surface area contributed by atoms with Crippen molar-refractivity contribution in [3.63, 3.8) is 0 Å². The third-order valence-electron chi connectivity index (χ3n) is 6.26. The van der Waals surface area contributed by atoms with Crippen LogP contribution in [0.2, 0.25) is 0 Å². The molecule has 0 atom stereocenters. The molecule has 0 spiro atoms. The highest BCUT2D eigenvalue weighted by molar-refractivity contribution is 6.06. The molecular formula is C27H35N3O3. The van der Waals surface area contributed by atoms with E-state index in [2.05, 4.69) is 0 Å². The fourth-order valence-corrected chi connectivity index (χ4v) is 4.13. The summed E-state index contributed by atoms with van der Waals surface area (Å²) in [5.41, 5.74) is 3.86. The molecule has 6 heteroatoms. The number of fused-ring (bicyclic) bond motifs is 1. The lowest BCUT2D eigenvalue weighted by atomic mass is 9.78. The summed E-state index contributed by atoms with van der Waals surface area (Å²) in [4.78, 5) is 28.4. The van der Waals surface area contributed by atoms with Gasteiger partial charge in [-0.1, -0.05) is 41.5 Å². The molecule has 1 amide bonds. The van der Waals surface area contributed by atoms with E-state index >= 15 is 0 Å². The van der Waals surface area contributed by atoms with Crippen molar-refractivity contribution in [1.82, 2.24) is 4.90 Å². The maximum atomic E-state index is 13.4. The first-order valence-electron chi connectivity index (χ1n) is 11.2. The number of hydrogen-bond acceptors (Lipinski definition) is 4. The SMILES string of the molecule is CC(=O)N(C)c1ccc2c(c1)CN(CC(=O)c1cc(C(C)(C)C)c(O)c(C(C)(C)C)c1)C2=N. The van der Waals surface area contributed by atoms with Crippen LogP contribution >= 0.6 is 0 Å². The van der Waals surface area contributed by atoms with Crippen molar-refractivity contribution >= 4 is 23.2 Å². The zero-order chi connectivity index (χ0) is 24.9. The molecule has 3 rings (SSSR count). The Hall–Kier alpha value is -3.15. The number of Topliss-reactive ketones (excluding diaryl/α,β-unsaturated/α-hetero) is 1. The van der Waals surface area contributed by atoms with Crippen molar-refractivity contribution in [2.75, 3.05) is 18.5 Å². The number of nitrogens with one attached hydrogen (secondary N) is 1. The summed E-state index contributed by atoms with van der Waals surface area (Å²) < 4.78 is 0. The minimum absolute atomic E-state index is 0.0632. The van der Waals surface area contributed by atoms with Gasteiger partial charge in [0.15, 0.2) is 5.78 Å². The van der Waals surface area contributed by atoms with Gasteiger partial charge in [0.2, 0.25) is 5.91 Å². The minimum atomic E-state index is -0.323. The summed E-state index contributed by atoms with van der Waals surface area (Å²) in [6, 6.07) is 9.16. The van der Waals surface area contributed by atoms with E-state index in [0.717, 1.165) is 27.9 Å². The van der Waals surface area contributed by atoms with Gasteiger partial charge in [0, 0.05) is 48.5 Å². The normalized spacial score (nSPS) is 13.8. The molecule has 6 nitrogen and oxygen atoms in total. The minimum Gasteiger partial charge on any atom is -0.507 e. The number of amides is 1. The molecule has 33 heavy (non-hydrogen) atoms. The lowest BCUT2D eigenvalue weighted by molar-refractivity contribution is -0.116. The van der Waals surface area contributed by atoms with Crippen molar-refractivity contribution in [3.8, 4) is 5.75 Å². The van der Waals surface area contributed by atoms with E-state index in [4.69, 9.17) is 5.41 Å². The summed E-state index contributed by atoms with van der Waals surface area (Å²) in [6.07, 6.45) is 0. The molecule has 2 aromatic rings.